The van der Waals surface area contributed by atoms with Crippen LogP contribution in [-0.4, -0.2) is 4.98 Å². The summed E-state index contributed by atoms with van der Waals surface area (Å²) in [5.41, 5.74) is 0.857. The van der Waals surface area contributed by atoms with E-state index in [1.165, 1.54) is 12.8 Å². The highest BCUT2D eigenvalue weighted by Crippen LogP contribution is 2.38. The molecule has 11 heavy (non-hydrogen) atoms. The molecule has 0 aliphatic heterocycles. The second kappa shape index (κ2) is 2.38. The maximum atomic E-state index is 11.0. The highest BCUT2D eigenvalue weighted by atomic mass is 35.5. The molecule has 1 saturated carbocycles. The summed E-state index contributed by atoms with van der Waals surface area (Å²) in [5, 5.41) is 0.273. The van der Waals surface area contributed by atoms with Crippen LogP contribution >= 0.6 is 11.6 Å². The van der Waals surface area contributed by atoms with Crippen LogP contribution in [0.1, 0.15) is 24.5 Å². The summed E-state index contributed by atoms with van der Waals surface area (Å²) < 4.78 is 0. The summed E-state index contributed by atoms with van der Waals surface area (Å²) in [4.78, 5) is 13.7. The molecule has 2 rings (SSSR count). The van der Waals surface area contributed by atoms with Crippen LogP contribution in [0.15, 0.2) is 16.9 Å². The summed E-state index contributed by atoms with van der Waals surface area (Å²) >= 11 is 5.56. The average Bonchev–Trinajstić information content (AvgIpc) is 2.77. The maximum absolute atomic E-state index is 11.0. The molecule has 0 spiro atoms. The fourth-order valence-corrected chi connectivity index (χ4v) is 1.21. The summed E-state index contributed by atoms with van der Waals surface area (Å²) in [7, 11) is 0. The molecule has 1 aliphatic carbocycles. The fourth-order valence-electron chi connectivity index (χ4n) is 1.10. The van der Waals surface area contributed by atoms with E-state index in [-0.39, 0.29) is 10.6 Å². The van der Waals surface area contributed by atoms with Gasteiger partial charge < -0.3 is 4.98 Å². The van der Waals surface area contributed by atoms with E-state index < -0.39 is 0 Å². The first kappa shape index (κ1) is 6.92. The number of aromatic nitrogens is 1. The van der Waals surface area contributed by atoms with E-state index in [0.717, 1.165) is 5.69 Å². The second-order valence-electron chi connectivity index (χ2n) is 2.87. The van der Waals surface area contributed by atoms with Crippen molar-refractivity contribution in [3.63, 3.8) is 0 Å². The SMILES string of the molecule is O=c1[nH]c(C2CC2)ccc1Cl. The minimum Gasteiger partial charge on any atom is -0.325 e. The third-order valence-electron chi connectivity index (χ3n) is 1.90. The van der Waals surface area contributed by atoms with Crippen LogP contribution in [-0.2, 0) is 0 Å². The van der Waals surface area contributed by atoms with E-state index in [0.29, 0.717) is 5.92 Å². The molecule has 2 nitrogen and oxygen atoms in total. The Hall–Kier alpha value is -0.760. The van der Waals surface area contributed by atoms with Crippen molar-refractivity contribution in [2.24, 2.45) is 0 Å². The van der Waals surface area contributed by atoms with Crippen LogP contribution in [0.4, 0.5) is 0 Å². The monoisotopic (exact) mass is 169 g/mol. The minimum absolute atomic E-state index is 0.170. The maximum Gasteiger partial charge on any atom is 0.266 e. The van der Waals surface area contributed by atoms with Crippen molar-refractivity contribution < 1.29 is 0 Å². The normalized spacial score (nSPS) is 16.8. The topological polar surface area (TPSA) is 32.9 Å². The van der Waals surface area contributed by atoms with Gasteiger partial charge in [0, 0.05) is 5.69 Å². The summed E-state index contributed by atoms with van der Waals surface area (Å²) in [6.45, 7) is 0. The van der Waals surface area contributed by atoms with Crippen LogP contribution in [0.25, 0.3) is 0 Å². The number of hydrogen-bond donors (Lipinski definition) is 1. The molecule has 58 valence electrons. The fraction of sp³-hybridized carbons (Fsp3) is 0.375. The van der Waals surface area contributed by atoms with E-state index in [1.807, 2.05) is 6.07 Å². The Morgan fingerprint density at radius 2 is 2.18 bits per heavy atom. The molecule has 1 heterocycles. The second-order valence-corrected chi connectivity index (χ2v) is 3.27. The van der Waals surface area contributed by atoms with Crippen molar-refractivity contribution in [3.8, 4) is 0 Å². The minimum atomic E-state index is -0.170. The Morgan fingerprint density at radius 3 is 2.73 bits per heavy atom. The third-order valence-corrected chi connectivity index (χ3v) is 2.20. The van der Waals surface area contributed by atoms with Crippen LogP contribution in [0.5, 0.6) is 0 Å². The molecule has 1 fully saturated rings. The van der Waals surface area contributed by atoms with Crippen molar-refractivity contribution in [2.45, 2.75) is 18.8 Å². The molecule has 0 saturated heterocycles. The van der Waals surface area contributed by atoms with Crippen molar-refractivity contribution in [1.29, 1.82) is 0 Å². The lowest BCUT2D eigenvalue weighted by Gasteiger charge is -1.95. The van der Waals surface area contributed by atoms with E-state index in [2.05, 4.69) is 4.98 Å². The van der Waals surface area contributed by atoms with Gasteiger partial charge in [0.15, 0.2) is 0 Å². The standard InChI is InChI=1S/C8H8ClNO/c9-6-3-4-7(5-1-2-5)10-8(6)11/h3-5H,1-2H2,(H,10,11). The van der Waals surface area contributed by atoms with E-state index in [9.17, 15) is 4.79 Å². The lowest BCUT2D eigenvalue weighted by atomic mass is 10.2. The van der Waals surface area contributed by atoms with Crippen LogP contribution < -0.4 is 5.56 Å². The molecular weight excluding hydrogens is 162 g/mol. The van der Waals surface area contributed by atoms with Crippen molar-refractivity contribution >= 4 is 11.6 Å². The van der Waals surface area contributed by atoms with Gasteiger partial charge in [-0.15, -0.1) is 0 Å². The molecule has 3 heteroatoms. The molecule has 0 aromatic carbocycles. The molecule has 0 amide bonds. The number of pyridine rings is 1. The number of hydrogen-bond acceptors (Lipinski definition) is 1. The van der Waals surface area contributed by atoms with Crippen molar-refractivity contribution in [3.05, 3.63) is 33.2 Å². The van der Waals surface area contributed by atoms with E-state index >= 15 is 0 Å². The van der Waals surface area contributed by atoms with Crippen molar-refractivity contribution in [2.75, 3.05) is 0 Å². The molecule has 0 bridgehead atoms. The van der Waals surface area contributed by atoms with Gasteiger partial charge in [0.25, 0.3) is 5.56 Å². The molecule has 1 N–H and O–H groups in total. The Balaban J connectivity index is 2.44. The number of rotatable bonds is 1. The Kier molecular flexibility index (Phi) is 1.50. The van der Waals surface area contributed by atoms with E-state index in [1.54, 1.807) is 6.07 Å². The number of H-pyrrole nitrogens is 1. The largest absolute Gasteiger partial charge is 0.325 e. The quantitative estimate of drug-likeness (QED) is 0.685. The highest BCUT2D eigenvalue weighted by Gasteiger charge is 2.24. The number of halogens is 1. The summed E-state index contributed by atoms with van der Waals surface area (Å²) in [6, 6.07) is 3.55. The Labute approximate surface area is 69.2 Å². The van der Waals surface area contributed by atoms with Gasteiger partial charge in [-0.25, -0.2) is 0 Å². The summed E-state index contributed by atoms with van der Waals surface area (Å²) in [5.74, 6) is 0.583. The molecule has 0 unspecified atom stereocenters. The van der Waals surface area contributed by atoms with Crippen molar-refractivity contribution in [1.82, 2.24) is 4.98 Å². The molecule has 0 radical (unpaired) electrons. The van der Waals surface area contributed by atoms with Gasteiger partial charge in [-0.2, -0.15) is 0 Å². The molecular formula is C8H8ClNO. The van der Waals surface area contributed by atoms with Gasteiger partial charge in [-0.1, -0.05) is 11.6 Å². The van der Waals surface area contributed by atoms with Gasteiger partial charge in [-0.05, 0) is 30.9 Å². The zero-order chi connectivity index (χ0) is 7.84. The lowest BCUT2D eigenvalue weighted by molar-refractivity contribution is 1.00. The predicted molar refractivity (Wildman–Crippen MR) is 44.0 cm³/mol. The molecule has 1 aromatic rings. The highest BCUT2D eigenvalue weighted by molar-refractivity contribution is 6.30. The zero-order valence-electron chi connectivity index (χ0n) is 5.93. The predicted octanol–water partition coefficient (Wildman–Crippen LogP) is 1.91. The molecule has 0 atom stereocenters. The first-order valence-electron chi connectivity index (χ1n) is 3.66. The van der Waals surface area contributed by atoms with E-state index in [4.69, 9.17) is 11.6 Å². The number of nitrogens with one attached hydrogen (secondary N) is 1. The first-order chi connectivity index (χ1) is 5.27. The van der Waals surface area contributed by atoms with Gasteiger partial charge in [0.1, 0.15) is 5.02 Å². The van der Waals surface area contributed by atoms with Crippen LogP contribution in [0.3, 0.4) is 0 Å². The zero-order valence-corrected chi connectivity index (χ0v) is 6.69. The Morgan fingerprint density at radius 1 is 1.45 bits per heavy atom. The van der Waals surface area contributed by atoms with Gasteiger partial charge >= 0.3 is 0 Å². The average molecular weight is 170 g/mol. The lowest BCUT2D eigenvalue weighted by Crippen LogP contribution is -2.07. The van der Waals surface area contributed by atoms with Gasteiger partial charge in [0.05, 0.1) is 0 Å². The van der Waals surface area contributed by atoms with Crippen LogP contribution in [0, 0.1) is 0 Å². The first-order valence-corrected chi connectivity index (χ1v) is 4.04. The smallest absolute Gasteiger partial charge is 0.266 e. The van der Waals surface area contributed by atoms with Gasteiger partial charge in [0.2, 0.25) is 0 Å². The molecule has 1 aliphatic rings. The van der Waals surface area contributed by atoms with Gasteiger partial charge in [-0.3, -0.25) is 4.79 Å². The molecule has 1 aromatic heterocycles. The van der Waals surface area contributed by atoms with Crippen LogP contribution in [0.2, 0.25) is 5.02 Å². The third kappa shape index (κ3) is 1.31. The summed E-state index contributed by atoms with van der Waals surface area (Å²) in [6.07, 6.45) is 2.38. The Bertz CT molecular complexity index is 327. The number of aromatic amines is 1.